The van der Waals surface area contributed by atoms with Crippen LogP contribution in [0.4, 0.5) is 4.39 Å². The first kappa shape index (κ1) is 16.4. The van der Waals surface area contributed by atoms with Gasteiger partial charge in [0.15, 0.2) is 6.61 Å². The molecular weight excluding hydrogens is 337 g/mol. The average Bonchev–Trinajstić information content (AvgIpc) is 3.30. The zero-order chi connectivity index (χ0) is 17.3. The molecule has 6 nitrogen and oxygen atoms in total. The van der Waals surface area contributed by atoms with Gasteiger partial charge in [0.05, 0.1) is 11.4 Å². The fourth-order valence-electron chi connectivity index (χ4n) is 2.18. The molecule has 0 atom stereocenters. The van der Waals surface area contributed by atoms with E-state index in [1.807, 2.05) is 0 Å². The summed E-state index contributed by atoms with van der Waals surface area (Å²) in [6.07, 6.45) is 1.91. The third-order valence-electron chi connectivity index (χ3n) is 3.56. The molecule has 1 aromatic carbocycles. The fourth-order valence-corrected chi connectivity index (χ4v) is 2.53. The van der Waals surface area contributed by atoms with E-state index in [0.717, 1.165) is 12.8 Å². The van der Waals surface area contributed by atoms with Crippen LogP contribution >= 0.6 is 11.6 Å². The first-order chi connectivity index (χ1) is 11.5. The Kier molecular flexibility index (Phi) is 4.53. The summed E-state index contributed by atoms with van der Waals surface area (Å²) in [6.45, 7) is 1.24. The van der Waals surface area contributed by atoms with Crippen LogP contribution in [0, 0.1) is 12.7 Å². The smallest absolute Gasteiger partial charge is 0.343 e. The number of aryl methyl sites for hydroxylation is 1. The zero-order valence-corrected chi connectivity index (χ0v) is 13.6. The van der Waals surface area contributed by atoms with Crippen LogP contribution in [0.25, 0.3) is 5.69 Å². The molecule has 0 saturated heterocycles. The maximum Gasteiger partial charge on any atom is 0.343 e. The van der Waals surface area contributed by atoms with Crippen LogP contribution in [0.15, 0.2) is 24.3 Å². The number of aromatic nitrogens is 2. The van der Waals surface area contributed by atoms with Gasteiger partial charge in [-0.25, -0.2) is 13.9 Å². The highest BCUT2D eigenvalue weighted by Gasteiger charge is 2.26. The number of amides is 1. The number of benzene rings is 1. The van der Waals surface area contributed by atoms with E-state index in [1.54, 1.807) is 6.92 Å². The van der Waals surface area contributed by atoms with Gasteiger partial charge in [-0.1, -0.05) is 11.6 Å². The molecule has 0 unspecified atom stereocenters. The Labute approximate surface area is 142 Å². The second kappa shape index (κ2) is 6.60. The molecule has 0 radical (unpaired) electrons. The van der Waals surface area contributed by atoms with Gasteiger partial charge in [-0.05, 0) is 44.0 Å². The minimum atomic E-state index is -0.725. The molecule has 0 bridgehead atoms. The molecule has 0 spiro atoms. The van der Waals surface area contributed by atoms with Gasteiger partial charge in [0.1, 0.15) is 16.5 Å². The van der Waals surface area contributed by atoms with Crippen LogP contribution in [0.2, 0.25) is 5.15 Å². The highest BCUT2D eigenvalue weighted by molar-refractivity contribution is 6.33. The standard InChI is InChI=1S/C16H15ClFN3O3/c1-9-14(16(23)24-8-13(22)19-11-4-5-11)15(17)21(20-9)12-6-2-10(18)3-7-12/h2-3,6-7,11H,4-5,8H2,1H3,(H,19,22). The molecule has 1 amide bonds. The van der Waals surface area contributed by atoms with Crippen molar-refractivity contribution in [2.45, 2.75) is 25.8 Å². The topological polar surface area (TPSA) is 73.2 Å². The van der Waals surface area contributed by atoms with Crippen molar-refractivity contribution in [3.63, 3.8) is 0 Å². The Bertz CT molecular complexity index is 785. The number of esters is 1. The summed E-state index contributed by atoms with van der Waals surface area (Å²) >= 11 is 6.21. The molecule has 1 aromatic heterocycles. The van der Waals surface area contributed by atoms with E-state index in [0.29, 0.717) is 11.4 Å². The number of ether oxygens (including phenoxy) is 1. The van der Waals surface area contributed by atoms with Crippen molar-refractivity contribution in [1.29, 1.82) is 0 Å². The van der Waals surface area contributed by atoms with Crippen molar-refractivity contribution in [3.8, 4) is 5.69 Å². The lowest BCUT2D eigenvalue weighted by Gasteiger charge is -2.06. The van der Waals surface area contributed by atoms with E-state index < -0.39 is 5.97 Å². The number of hydrogen-bond donors (Lipinski definition) is 1. The minimum Gasteiger partial charge on any atom is -0.452 e. The van der Waals surface area contributed by atoms with Crippen molar-refractivity contribution < 1.29 is 18.7 Å². The number of nitrogens with zero attached hydrogens (tertiary/aromatic N) is 2. The minimum absolute atomic E-state index is 0.0479. The summed E-state index contributed by atoms with van der Waals surface area (Å²) in [4.78, 5) is 23.8. The summed E-state index contributed by atoms with van der Waals surface area (Å²) in [7, 11) is 0. The lowest BCUT2D eigenvalue weighted by atomic mass is 10.2. The number of nitrogens with one attached hydrogen (secondary N) is 1. The second-order valence-corrected chi connectivity index (χ2v) is 5.92. The molecule has 1 N–H and O–H groups in total. The maximum atomic E-state index is 13.0. The number of halogens is 2. The normalized spacial score (nSPS) is 13.6. The lowest BCUT2D eigenvalue weighted by Crippen LogP contribution is -2.30. The average molecular weight is 352 g/mol. The molecule has 1 aliphatic carbocycles. The first-order valence-electron chi connectivity index (χ1n) is 7.43. The predicted octanol–water partition coefficient (Wildman–Crippen LogP) is 2.41. The number of hydrogen-bond acceptors (Lipinski definition) is 4. The van der Waals surface area contributed by atoms with Gasteiger partial charge in [-0.3, -0.25) is 4.79 Å². The SMILES string of the molecule is Cc1nn(-c2ccc(F)cc2)c(Cl)c1C(=O)OCC(=O)NC1CC1. The molecule has 1 heterocycles. The van der Waals surface area contributed by atoms with Crippen molar-refractivity contribution in [1.82, 2.24) is 15.1 Å². The van der Waals surface area contributed by atoms with Crippen LogP contribution in [0.5, 0.6) is 0 Å². The van der Waals surface area contributed by atoms with Gasteiger partial charge in [0.2, 0.25) is 0 Å². The van der Waals surface area contributed by atoms with E-state index in [9.17, 15) is 14.0 Å². The summed E-state index contributed by atoms with van der Waals surface area (Å²) < 4.78 is 19.3. The van der Waals surface area contributed by atoms with Crippen molar-refractivity contribution >= 4 is 23.5 Å². The molecule has 1 aliphatic rings. The Balaban J connectivity index is 1.74. The summed E-state index contributed by atoms with van der Waals surface area (Å²) in [5.74, 6) is -1.46. The van der Waals surface area contributed by atoms with E-state index in [2.05, 4.69) is 10.4 Å². The van der Waals surface area contributed by atoms with Gasteiger partial charge in [-0.15, -0.1) is 0 Å². The van der Waals surface area contributed by atoms with Crippen LogP contribution in [0.1, 0.15) is 28.9 Å². The van der Waals surface area contributed by atoms with Crippen LogP contribution in [0.3, 0.4) is 0 Å². The summed E-state index contributed by atoms with van der Waals surface area (Å²) in [5, 5.41) is 6.95. The molecule has 2 aromatic rings. The van der Waals surface area contributed by atoms with Gasteiger partial charge >= 0.3 is 5.97 Å². The van der Waals surface area contributed by atoms with E-state index in [-0.39, 0.29) is 35.1 Å². The molecule has 8 heteroatoms. The van der Waals surface area contributed by atoms with Gasteiger partial charge in [0.25, 0.3) is 5.91 Å². The Hall–Kier alpha value is -2.41. The lowest BCUT2D eigenvalue weighted by molar-refractivity contribution is -0.124. The van der Waals surface area contributed by atoms with E-state index >= 15 is 0 Å². The van der Waals surface area contributed by atoms with Crippen molar-refractivity contribution in [3.05, 3.63) is 46.5 Å². The maximum absolute atomic E-state index is 13.0. The molecular formula is C16H15ClFN3O3. The van der Waals surface area contributed by atoms with Crippen molar-refractivity contribution in [2.75, 3.05) is 6.61 Å². The molecule has 1 saturated carbocycles. The zero-order valence-electron chi connectivity index (χ0n) is 12.9. The monoisotopic (exact) mass is 351 g/mol. The Morgan fingerprint density at radius 3 is 2.67 bits per heavy atom. The second-order valence-electron chi connectivity index (χ2n) is 5.56. The third-order valence-corrected chi connectivity index (χ3v) is 3.91. The molecule has 0 aliphatic heterocycles. The van der Waals surface area contributed by atoms with Gasteiger partial charge in [0, 0.05) is 6.04 Å². The van der Waals surface area contributed by atoms with E-state index in [1.165, 1.54) is 28.9 Å². The van der Waals surface area contributed by atoms with Gasteiger partial charge in [-0.2, -0.15) is 5.10 Å². The largest absolute Gasteiger partial charge is 0.452 e. The molecule has 1 fully saturated rings. The number of rotatable bonds is 5. The molecule has 126 valence electrons. The predicted molar refractivity (Wildman–Crippen MR) is 84.7 cm³/mol. The van der Waals surface area contributed by atoms with Crippen molar-refractivity contribution in [2.24, 2.45) is 0 Å². The third kappa shape index (κ3) is 3.56. The Morgan fingerprint density at radius 2 is 2.04 bits per heavy atom. The number of carbonyl (C=O) groups excluding carboxylic acids is 2. The van der Waals surface area contributed by atoms with E-state index in [4.69, 9.17) is 16.3 Å². The van der Waals surface area contributed by atoms with Crippen LogP contribution in [-0.2, 0) is 9.53 Å². The summed E-state index contributed by atoms with van der Waals surface area (Å²) in [6, 6.07) is 5.71. The number of carbonyl (C=O) groups is 2. The quantitative estimate of drug-likeness (QED) is 0.839. The summed E-state index contributed by atoms with van der Waals surface area (Å²) in [5.41, 5.74) is 0.951. The fraction of sp³-hybridized carbons (Fsp3) is 0.312. The van der Waals surface area contributed by atoms with Gasteiger partial charge < -0.3 is 10.1 Å². The van der Waals surface area contributed by atoms with Crippen LogP contribution < -0.4 is 5.32 Å². The first-order valence-corrected chi connectivity index (χ1v) is 7.81. The highest BCUT2D eigenvalue weighted by Crippen LogP contribution is 2.24. The van der Waals surface area contributed by atoms with Crippen LogP contribution in [-0.4, -0.2) is 34.3 Å². The molecule has 3 rings (SSSR count). The highest BCUT2D eigenvalue weighted by atomic mass is 35.5. The Morgan fingerprint density at radius 1 is 1.38 bits per heavy atom. The molecule has 24 heavy (non-hydrogen) atoms.